The summed E-state index contributed by atoms with van der Waals surface area (Å²) in [7, 11) is 3.98. The lowest BCUT2D eigenvalue weighted by Crippen LogP contribution is -2.64. The minimum absolute atomic E-state index is 0.235. The van der Waals surface area contributed by atoms with Crippen molar-refractivity contribution in [3.63, 3.8) is 0 Å². The van der Waals surface area contributed by atoms with Crippen LogP contribution >= 0.6 is 0 Å². The molecular formula is C18H24N2O2. The number of hydrogen-bond acceptors (Lipinski definition) is 3. The van der Waals surface area contributed by atoms with E-state index in [1.165, 1.54) is 17.5 Å². The van der Waals surface area contributed by atoms with Gasteiger partial charge in [-0.1, -0.05) is 6.07 Å². The molecule has 1 aliphatic carbocycles. The number of hydrogen-bond donors (Lipinski definition) is 0. The van der Waals surface area contributed by atoms with Crippen LogP contribution in [0.5, 0.6) is 5.75 Å². The quantitative estimate of drug-likeness (QED) is 0.779. The van der Waals surface area contributed by atoms with Crippen LogP contribution < -0.4 is 4.74 Å². The number of benzene rings is 1. The molecule has 22 heavy (non-hydrogen) atoms. The van der Waals surface area contributed by atoms with Gasteiger partial charge in [0, 0.05) is 30.5 Å². The molecular weight excluding hydrogens is 276 g/mol. The number of piperidine rings is 2. The van der Waals surface area contributed by atoms with Crippen LogP contribution in [0.4, 0.5) is 0 Å². The second-order valence-corrected chi connectivity index (χ2v) is 7.14. The summed E-state index contributed by atoms with van der Waals surface area (Å²) < 4.78 is 5.48. The third-order valence-electron chi connectivity index (χ3n) is 6.36. The molecule has 2 heterocycles. The molecule has 1 aromatic carbocycles. The summed E-state index contributed by atoms with van der Waals surface area (Å²) >= 11 is 0. The second-order valence-electron chi connectivity index (χ2n) is 7.14. The van der Waals surface area contributed by atoms with Crippen LogP contribution in [0.15, 0.2) is 18.2 Å². The zero-order valence-corrected chi connectivity index (χ0v) is 13.4. The highest BCUT2D eigenvalue weighted by Crippen LogP contribution is 2.53. The summed E-state index contributed by atoms with van der Waals surface area (Å²) in [4.78, 5) is 15.7. The third kappa shape index (κ3) is 1.83. The Balaban J connectivity index is 1.84. The van der Waals surface area contributed by atoms with Crippen LogP contribution in [-0.2, 0) is 16.6 Å². The summed E-state index contributed by atoms with van der Waals surface area (Å²) in [6, 6.07) is 7.16. The van der Waals surface area contributed by atoms with Gasteiger partial charge in [0.2, 0.25) is 6.41 Å². The molecule has 0 aromatic heterocycles. The average Bonchev–Trinajstić information content (AvgIpc) is 2.57. The van der Waals surface area contributed by atoms with E-state index >= 15 is 0 Å². The number of rotatable bonds is 2. The van der Waals surface area contributed by atoms with Crippen LogP contribution in [0.3, 0.4) is 0 Å². The highest BCUT2D eigenvalue weighted by Gasteiger charge is 2.54. The van der Waals surface area contributed by atoms with Gasteiger partial charge < -0.3 is 14.5 Å². The number of likely N-dealkylation sites (N-methyl/N-ethyl adjacent to an activating group) is 1. The molecule has 0 radical (unpaired) electrons. The van der Waals surface area contributed by atoms with E-state index in [0.29, 0.717) is 12.0 Å². The van der Waals surface area contributed by atoms with Crippen molar-refractivity contribution in [3.8, 4) is 5.75 Å². The summed E-state index contributed by atoms with van der Waals surface area (Å²) in [6.07, 6.45) is 4.40. The van der Waals surface area contributed by atoms with Crippen LogP contribution in [-0.4, -0.2) is 56.0 Å². The van der Waals surface area contributed by atoms with Crippen LogP contribution in [0.25, 0.3) is 0 Å². The van der Waals surface area contributed by atoms with Crippen molar-refractivity contribution >= 4 is 6.41 Å². The highest BCUT2D eigenvalue weighted by molar-refractivity contribution is 5.50. The molecule has 4 heteroatoms. The van der Waals surface area contributed by atoms with Crippen molar-refractivity contribution in [2.75, 3.05) is 33.8 Å². The SMILES string of the molecule is COc1ccc2c(c1)[C@]13CCN(C=O)C[C@H]1[C@@H](C2)N(C)CC3. The second kappa shape index (κ2) is 4.98. The van der Waals surface area contributed by atoms with Gasteiger partial charge in [-0.15, -0.1) is 0 Å². The first-order chi connectivity index (χ1) is 10.7. The number of nitrogens with zero attached hydrogens (tertiary/aromatic N) is 2. The average molecular weight is 300 g/mol. The van der Waals surface area contributed by atoms with E-state index in [2.05, 4.69) is 30.1 Å². The fourth-order valence-corrected chi connectivity index (χ4v) is 5.11. The minimum Gasteiger partial charge on any atom is -0.497 e. The molecule has 0 unspecified atom stereocenters. The Kier molecular flexibility index (Phi) is 3.19. The summed E-state index contributed by atoms with van der Waals surface area (Å²) in [5.41, 5.74) is 3.21. The fraction of sp³-hybridized carbons (Fsp3) is 0.611. The highest BCUT2D eigenvalue weighted by atomic mass is 16.5. The predicted octanol–water partition coefficient (Wildman–Crippen LogP) is 1.67. The zero-order valence-electron chi connectivity index (χ0n) is 13.4. The predicted molar refractivity (Wildman–Crippen MR) is 85.2 cm³/mol. The van der Waals surface area contributed by atoms with Gasteiger partial charge in [-0.05, 0) is 56.1 Å². The van der Waals surface area contributed by atoms with Crippen molar-refractivity contribution in [3.05, 3.63) is 29.3 Å². The van der Waals surface area contributed by atoms with Crippen molar-refractivity contribution < 1.29 is 9.53 Å². The van der Waals surface area contributed by atoms with E-state index in [4.69, 9.17) is 4.74 Å². The molecule has 2 fully saturated rings. The number of amides is 1. The molecule has 2 saturated heterocycles. The molecule has 3 atom stereocenters. The Bertz CT molecular complexity index is 603. The van der Waals surface area contributed by atoms with E-state index in [9.17, 15) is 4.79 Å². The van der Waals surface area contributed by atoms with E-state index in [1.807, 2.05) is 4.90 Å². The van der Waals surface area contributed by atoms with Gasteiger partial charge in [-0.3, -0.25) is 4.79 Å². The summed E-state index contributed by atoms with van der Waals surface area (Å²) in [5.74, 6) is 1.51. The number of carbonyl (C=O) groups is 1. The van der Waals surface area contributed by atoms with E-state index < -0.39 is 0 Å². The van der Waals surface area contributed by atoms with Crippen molar-refractivity contribution in [2.45, 2.75) is 30.7 Å². The molecule has 0 saturated carbocycles. The van der Waals surface area contributed by atoms with E-state index in [-0.39, 0.29) is 5.41 Å². The van der Waals surface area contributed by atoms with Gasteiger partial charge in [-0.2, -0.15) is 0 Å². The molecule has 1 amide bonds. The van der Waals surface area contributed by atoms with Gasteiger partial charge in [0.05, 0.1) is 7.11 Å². The number of ether oxygens (including phenoxy) is 1. The van der Waals surface area contributed by atoms with Gasteiger partial charge in [0.1, 0.15) is 5.75 Å². The maximum Gasteiger partial charge on any atom is 0.209 e. The van der Waals surface area contributed by atoms with Crippen molar-refractivity contribution in [1.82, 2.24) is 9.80 Å². The molecule has 0 N–H and O–H groups in total. The first kappa shape index (κ1) is 14.1. The molecule has 0 spiro atoms. The number of methoxy groups -OCH3 is 1. The zero-order chi connectivity index (χ0) is 15.3. The summed E-state index contributed by atoms with van der Waals surface area (Å²) in [6.45, 7) is 2.93. The smallest absolute Gasteiger partial charge is 0.209 e. The normalized spacial score (nSPS) is 33.8. The Morgan fingerprint density at radius 3 is 2.91 bits per heavy atom. The Morgan fingerprint density at radius 1 is 1.32 bits per heavy atom. The number of likely N-dealkylation sites (tertiary alicyclic amines) is 2. The maximum atomic E-state index is 11.3. The van der Waals surface area contributed by atoms with Gasteiger partial charge in [-0.25, -0.2) is 0 Å². The number of fused-ring (bicyclic) bond motifs is 1. The monoisotopic (exact) mass is 300 g/mol. The lowest BCUT2D eigenvalue weighted by atomic mass is 9.54. The minimum atomic E-state index is 0.235. The van der Waals surface area contributed by atoms with Crippen LogP contribution in [0, 0.1) is 5.92 Å². The Morgan fingerprint density at radius 2 is 2.14 bits per heavy atom. The molecule has 3 aliphatic rings. The summed E-state index contributed by atoms with van der Waals surface area (Å²) in [5, 5.41) is 0. The van der Waals surface area contributed by atoms with Gasteiger partial charge >= 0.3 is 0 Å². The van der Waals surface area contributed by atoms with Crippen molar-refractivity contribution in [2.24, 2.45) is 5.92 Å². The fourth-order valence-electron chi connectivity index (χ4n) is 5.11. The molecule has 4 rings (SSSR count). The van der Waals surface area contributed by atoms with E-state index in [0.717, 1.165) is 44.6 Å². The largest absolute Gasteiger partial charge is 0.497 e. The maximum absolute atomic E-state index is 11.3. The first-order valence-electron chi connectivity index (χ1n) is 8.25. The first-order valence-corrected chi connectivity index (χ1v) is 8.25. The topological polar surface area (TPSA) is 32.8 Å². The lowest BCUT2D eigenvalue weighted by molar-refractivity contribution is -0.123. The molecule has 2 bridgehead atoms. The van der Waals surface area contributed by atoms with E-state index in [1.54, 1.807) is 7.11 Å². The molecule has 4 nitrogen and oxygen atoms in total. The Labute approximate surface area is 132 Å². The lowest BCUT2D eigenvalue weighted by Gasteiger charge is -2.59. The third-order valence-corrected chi connectivity index (χ3v) is 6.36. The van der Waals surface area contributed by atoms with Crippen LogP contribution in [0.2, 0.25) is 0 Å². The van der Waals surface area contributed by atoms with Gasteiger partial charge in [0.15, 0.2) is 0 Å². The molecule has 118 valence electrons. The Hall–Kier alpha value is -1.55. The van der Waals surface area contributed by atoms with Gasteiger partial charge in [0.25, 0.3) is 0 Å². The van der Waals surface area contributed by atoms with Crippen molar-refractivity contribution in [1.29, 1.82) is 0 Å². The van der Waals surface area contributed by atoms with Crippen LogP contribution in [0.1, 0.15) is 24.0 Å². The number of carbonyl (C=O) groups excluding carboxylic acids is 1. The molecule has 1 aromatic rings. The standard InChI is InChI=1S/C18H24N2O2/c1-19-7-5-18-6-8-20(12-21)11-16(18)17(19)9-13-3-4-14(22-2)10-15(13)18/h3-4,10,12,16-17H,5-9,11H2,1-2H3/t16-,17+,18-/m0/s1. The molecule has 2 aliphatic heterocycles.